The van der Waals surface area contributed by atoms with Crippen LogP contribution in [-0.2, 0) is 25.4 Å². The minimum absolute atomic E-state index is 0.0313. The Labute approximate surface area is 198 Å². The Bertz CT molecular complexity index is 1150. The summed E-state index contributed by atoms with van der Waals surface area (Å²) in [5.74, 6) is -1.04. The summed E-state index contributed by atoms with van der Waals surface area (Å²) in [7, 11) is 0. The third kappa shape index (κ3) is 6.41. The molecule has 1 aromatic heterocycles. The number of alkyl halides is 6. The minimum Gasteiger partial charge on any atom is -0.348 e. The van der Waals surface area contributed by atoms with Crippen molar-refractivity contribution in [3.63, 3.8) is 0 Å². The van der Waals surface area contributed by atoms with E-state index in [-0.39, 0.29) is 6.54 Å². The maximum absolute atomic E-state index is 13.8. The first-order valence-electron chi connectivity index (χ1n) is 10.8. The first kappa shape index (κ1) is 26.3. The Morgan fingerprint density at radius 1 is 0.943 bits per heavy atom. The topological polar surface area (TPSA) is 50.2 Å². The van der Waals surface area contributed by atoms with Gasteiger partial charge in [-0.15, -0.1) is 0 Å². The number of amides is 1. The summed E-state index contributed by atoms with van der Waals surface area (Å²) >= 11 is 0. The molecule has 1 N–H and O–H groups in total. The fourth-order valence-corrected chi connectivity index (χ4v) is 3.54. The van der Waals surface area contributed by atoms with Gasteiger partial charge in [0.15, 0.2) is 5.69 Å². The van der Waals surface area contributed by atoms with Crippen LogP contribution in [0, 0.1) is 0 Å². The molecule has 0 bridgehead atoms. The SMILES string of the molecule is CCN(CC)Cc1ccc(CNC(=O)c2cnn(-c3cccc(C(F)(F)F)c3)c2C(F)(F)F)cc1. The van der Waals surface area contributed by atoms with Crippen LogP contribution in [0.25, 0.3) is 5.69 Å². The lowest BCUT2D eigenvalue weighted by Crippen LogP contribution is -2.26. The number of benzene rings is 2. The molecule has 0 saturated heterocycles. The normalized spacial score (nSPS) is 12.3. The largest absolute Gasteiger partial charge is 0.434 e. The molecule has 1 amide bonds. The van der Waals surface area contributed by atoms with Gasteiger partial charge in [-0.1, -0.05) is 44.2 Å². The predicted molar refractivity (Wildman–Crippen MR) is 118 cm³/mol. The van der Waals surface area contributed by atoms with Crippen LogP contribution in [0.3, 0.4) is 0 Å². The fourth-order valence-electron chi connectivity index (χ4n) is 3.54. The van der Waals surface area contributed by atoms with E-state index < -0.39 is 40.8 Å². The second-order valence-electron chi connectivity index (χ2n) is 7.83. The van der Waals surface area contributed by atoms with Crippen molar-refractivity contribution >= 4 is 5.91 Å². The Morgan fingerprint density at radius 2 is 1.57 bits per heavy atom. The van der Waals surface area contributed by atoms with E-state index in [4.69, 9.17) is 0 Å². The highest BCUT2D eigenvalue weighted by molar-refractivity contribution is 5.95. The monoisotopic (exact) mass is 498 g/mol. The van der Waals surface area contributed by atoms with Gasteiger partial charge in [-0.3, -0.25) is 9.69 Å². The molecule has 5 nitrogen and oxygen atoms in total. The summed E-state index contributed by atoms with van der Waals surface area (Å²) in [6.45, 7) is 6.61. The number of carbonyl (C=O) groups excluding carboxylic acids is 1. The van der Waals surface area contributed by atoms with Crippen LogP contribution < -0.4 is 5.32 Å². The molecule has 0 saturated carbocycles. The van der Waals surface area contributed by atoms with Crippen molar-refractivity contribution in [2.75, 3.05) is 13.1 Å². The van der Waals surface area contributed by atoms with E-state index in [1.165, 1.54) is 0 Å². The lowest BCUT2D eigenvalue weighted by Gasteiger charge is -2.18. The van der Waals surface area contributed by atoms with Crippen LogP contribution in [0.15, 0.2) is 54.7 Å². The molecule has 11 heteroatoms. The van der Waals surface area contributed by atoms with Gasteiger partial charge < -0.3 is 5.32 Å². The summed E-state index contributed by atoms with van der Waals surface area (Å²) in [5, 5.41) is 6.00. The van der Waals surface area contributed by atoms with Crippen molar-refractivity contribution in [1.82, 2.24) is 20.0 Å². The van der Waals surface area contributed by atoms with Gasteiger partial charge in [0.05, 0.1) is 23.0 Å². The molecule has 35 heavy (non-hydrogen) atoms. The van der Waals surface area contributed by atoms with E-state index in [2.05, 4.69) is 29.2 Å². The zero-order chi connectivity index (χ0) is 25.8. The molecule has 0 fully saturated rings. The lowest BCUT2D eigenvalue weighted by molar-refractivity contribution is -0.143. The average Bonchev–Trinajstić information content (AvgIpc) is 3.27. The van der Waals surface area contributed by atoms with Crippen LogP contribution in [0.5, 0.6) is 0 Å². The van der Waals surface area contributed by atoms with Gasteiger partial charge in [0.25, 0.3) is 5.91 Å². The van der Waals surface area contributed by atoms with Crippen LogP contribution >= 0.6 is 0 Å². The minimum atomic E-state index is -5.04. The number of aromatic nitrogens is 2. The molecule has 188 valence electrons. The van der Waals surface area contributed by atoms with Gasteiger partial charge >= 0.3 is 12.4 Å². The molecular formula is C24H24F6N4O. The first-order valence-corrected chi connectivity index (χ1v) is 10.8. The number of hydrogen-bond donors (Lipinski definition) is 1. The highest BCUT2D eigenvalue weighted by Gasteiger charge is 2.41. The number of hydrogen-bond acceptors (Lipinski definition) is 3. The van der Waals surface area contributed by atoms with Crippen molar-refractivity contribution in [2.24, 2.45) is 0 Å². The molecule has 0 atom stereocenters. The molecule has 0 radical (unpaired) electrons. The van der Waals surface area contributed by atoms with E-state index in [1.54, 1.807) is 12.1 Å². The van der Waals surface area contributed by atoms with E-state index in [1.807, 2.05) is 12.1 Å². The maximum Gasteiger partial charge on any atom is 0.434 e. The van der Waals surface area contributed by atoms with Gasteiger partial charge in [0.1, 0.15) is 0 Å². The smallest absolute Gasteiger partial charge is 0.348 e. The third-order valence-corrected chi connectivity index (χ3v) is 5.48. The number of carbonyl (C=O) groups is 1. The predicted octanol–water partition coefficient (Wildman–Crippen LogP) is 5.68. The molecule has 0 aliphatic carbocycles. The molecule has 0 aliphatic rings. The lowest BCUT2D eigenvalue weighted by atomic mass is 10.1. The Kier molecular flexibility index (Phi) is 7.89. The number of nitrogens with one attached hydrogen (secondary N) is 1. The van der Waals surface area contributed by atoms with E-state index in [0.29, 0.717) is 22.5 Å². The summed E-state index contributed by atoms with van der Waals surface area (Å²) in [5.41, 5.74) is -2.09. The zero-order valence-corrected chi connectivity index (χ0v) is 19.0. The standard InChI is InChI=1S/C24H24F6N4O/c1-3-33(4-2)15-17-10-8-16(9-11-17)13-31-22(35)20-14-32-34(21(20)24(28,29)30)19-7-5-6-18(12-19)23(25,26)27/h5-12,14H,3-4,13,15H2,1-2H3,(H,31,35). The first-order chi connectivity index (χ1) is 16.4. The second kappa shape index (κ2) is 10.5. The molecule has 2 aromatic carbocycles. The van der Waals surface area contributed by atoms with Gasteiger partial charge in [-0.2, -0.15) is 31.4 Å². The maximum atomic E-state index is 13.8. The van der Waals surface area contributed by atoms with Gasteiger partial charge in [0, 0.05) is 13.1 Å². The Balaban J connectivity index is 1.80. The second-order valence-corrected chi connectivity index (χ2v) is 7.83. The van der Waals surface area contributed by atoms with Crippen LogP contribution in [0.4, 0.5) is 26.3 Å². The van der Waals surface area contributed by atoms with Crippen molar-refractivity contribution in [1.29, 1.82) is 0 Å². The number of halogens is 6. The molecule has 3 rings (SSSR count). The zero-order valence-electron chi connectivity index (χ0n) is 19.0. The van der Waals surface area contributed by atoms with Crippen molar-refractivity contribution < 1.29 is 31.1 Å². The van der Waals surface area contributed by atoms with Gasteiger partial charge in [-0.25, -0.2) is 4.68 Å². The fraction of sp³-hybridized carbons (Fsp3) is 0.333. The van der Waals surface area contributed by atoms with Crippen LogP contribution in [-0.4, -0.2) is 33.7 Å². The highest BCUT2D eigenvalue weighted by Crippen LogP contribution is 2.35. The highest BCUT2D eigenvalue weighted by atomic mass is 19.4. The summed E-state index contributed by atoms with van der Waals surface area (Å²) < 4.78 is 80.8. The van der Waals surface area contributed by atoms with Crippen molar-refractivity contribution in [3.05, 3.63) is 82.7 Å². The van der Waals surface area contributed by atoms with Crippen LogP contribution in [0.1, 0.15) is 46.6 Å². The summed E-state index contributed by atoms with van der Waals surface area (Å²) in [6, 6.07) is 10.6. The van der Waals surface area contributed by atoms with E-state index in [0.717, 1.165) is 43.4 Å². The Hall–Kier alpha value is -3.34. The molecule has 0 spiro atoms. The third-order valence-electron chi connectivity index (χ3n) is 5.48. The van der Waals surface area contributed by atoms with Crippen molar-refractivity contribution in [3.8, 4) is 5.69 Å². The van der Waals surface area contributed by atoms with Gasteiger partial charge in [-0.05, 0) is 42.4 Å². The van der Waals surface area contributed by atoms with Crippen molar-refractivity contribution in [2.45, 2.75) is 39.3 Å². The number of nitrogens with zero attached hydrogens (tertiary/aromatic N) is 3. The molecule has 1 heterocycles. The molecule has 0 unspecified atom stereocenters. The summed E-state index contributed by atoms with van der Waals surface area (Å²) in [6.07, 6.45) is -9.09. The average molecular weight is 498 g/mol. The van der Waals surface area contributed by atoms with Gasteiger partial charge in [0.2, 0.25) is 0 Å². The van der Waals surface area contributed by atoms with E-state index in [9.17, 15) is 31.1 Å². The quantitative estimate of drug-likeness (QED) is 0.407. The summed E-state index contributed by atoms with van der Waals surface area (Å²) in [4.78, 5) is 14.8. The van der Waals surface area contributed by atoms with E-state index >= 15 is 0 Å². The molecule has 0 aliphatic heterocycles. The Morgan fingerprint density at radius 3 is 2.14 bits per heavy atom. The van der Waals surface area contributed by atoms with Crippen LogP contribution in [0.2, 0.25) is 0 Å². The molecular weight excluding hydrogens is 474 g/mol. The number of rotatable bonds is 8. The molecule has 3 aromatic rings.